The molecule has 1 heterocycles. The number of benzene rings is 2. The van der Waals surface area contributed by atoms with Gasteiger partial charge in [0.1, 0.15) is 11.6 Å². The fourth-order valence-electron chi connectivity index (χ4n) is 3.04. The topological polar surface area (TPSA) is 44.3 Å². The number of nitrogens with one attached hydrogen (secondary N) is 2. The molecule has 2 atom stereocenters. The summed E-state index contributed by atoms with van der Waals surface area (Å²) in [4.78, 5) is 0. The summed E-state index contributed by atoms with van der Waals surface area (Å²) in [5.74, 6) is -1.30. The molecular formula is C18H20F2N2O. The van der Waals surface area contributed by atoms with E-state index in [1.54, 1.807) is 13.8 Å². The number of hydrogen-bond acceptors (Lipinski definition) is 3. The normalized spacial score (nSPS) is 22.3. The number of fused-ring (bicyclic) bond motifs is 1. The Balaban J connectivity index is 1.95. The van der Waals surface area contributed by atoms with Crippen LogP contribution in [0.25, 0.3) is 0 Å². The molecule has 23 heavy (non-hydrogen) atoms. The van der Waals surface area contributed by atoms with Crippen LogP contribution in [0.2, 0.25) is 0 Å². The van der Waals surface area contributed by atoms with Gasteiger partial charge in [0, 0.05) is 23.9 Å². The highest BCUT2D eigenvalue weighted by molar-refractivity contribution is 5.58. The SMILES string of the molecule is CC1(C)Nc2cc(F)cc(F)c2C(NCc2ccccc2)C1O. The van der Waals surface area contributed by atoms with Crippen LogP contribution >= 0.6 is 0 Å². The molecule has 0 bridgehead atoms. The van der Waals surface area contributed by atoms with Gasteiger partial charge in [0.05, 0.1) is 17.7 Å². The standard InChI is InChI=1S/C18H20F2N2O/c1-18(2)17(23)16(21-10-11-6-4-3-5-7-11)15-13(20)8-12(19)9-14(15)22-18/h3-9,16-17,21-23H,10H2,1-2H3. The van der Waals surface area contributed by atoms with E-state index in [2.05, 4.69) is 10.6 Å². The molecule has 3 nitrogen and oxygen atoms in total. The first-order valence-corrected chi connectivity index (χ1v) is 7.61. The highest BCUT2D eigenvalue weighted by Crippen LogP contribution is 2.39. The molecule has 1 aliphatic rings. The maximum absolute atomic E-state index is 14.3. The zero-order chi connectivity index (χ0) is 16.6. The lowest BCUT2D eigenvalue weighted by Crippen LogP contribution is -2.54. The van der Waals surface area contributed by atoms with Crippen LogP contribution in [-0.2, 0) is 6.54 Å². The molecule has 5 heteroatoms. The second-order valence-electron chi connectivity index (χ2n) is 6.48. The Morgan fingerprint density at radius 2 is 1.87 bits per heavy atom. The molecule has 2 aromatic rings. The minimum Gasteiger partial charge on any atom is -0.389 e. The molecule has 122 valence electrons. The van der Waals surface area contributed by atoms with Crippen LogP contribution in [-0.4, -0.2) is 16.7 Å². The maximum atomic E-state index is 14.3. The van der Waals surface area contributed by atoms with Crippen LogP contribution in [0.5, 0.6) is 0 Å². The third kappa shape index (κ3) is 3.07. The van der Waals surface area contributed by atoms with Crippen LogP contribution in [0.3, 0.4) is 0 Å². The van der Waals surface area contributed by atoms with Gasteiger partial charge in [0.25, 0.3) is 0 Å². The molecule has 0 fully saturated rings. The van der Waals surface area contributed by atoms with Gasteiger partial charge in [-0.05, 0) is 25.5 Å². The van der Waals surface area contributed by atoms with Crippen LogP contribution < -0.4 is 10.6 Å². The van der Waals surface area contributed by atoms with Crippen molar-refractivity contribution >= 4 is 5.69 Å². The number of rotatable bonds is 3. The van der Waals surface area contributed by atoms with E-state index in [-0.39, 0.29) is 5.56 Å². The van der Waals surface area contributed by atoms with Gasteiger partial charge in [-0.25, -0.2) is 8.78 Å². The molecule has 1 aliphatic heterocycles. The summed E-state index contributed by atoms with van der Waals surface area (Å²) in [6.07, 6.45) is -0.862. The Morgan fingerprint density at radius 1 is 1.17 bits per heavy atom. The fourth-order valence-corrected chi connectivity index (χ4v) is 3.04. The van der Waals surface area contributed by atoms with Crippen molar-refractivity contribution in [3.05, 3.63) is 65.2 Å². The Morgan fingerprint density at radius 3 is 2.57 bits per heavy atom. The average molecular weight is 318 g/mol. The van der Waals surface area contributed by atoms with E-state index in [9.17, 15) is 13.9 Å². The summed E-state index contributed by atoms with van der Waals surface area (Å²) in [6.45, 7) is 4.09. The van der Waals surface area contributed by atoms with E-state index in [1.165, 1.54) is 6.07 Å². The molecule has 0 aromatic heterocycles. The Hall–Kier alpha value is -1.98. The van der Waals surface area contributed by atoms with Gasteiger partial charge in [0.15, 0.2) is 0 Å². The van der Waals surface area contributed by atoms with Crippen LogP contribution in [0.15, 0.2) is 42.5 Å². The largest absolute Gasteiger partial charge is 0.389 e. The third-order valence-electron chi connectivity index (χ3n) is 4.29. The van der Waals surface area contributed by atoms with Crippen molar-refractivity contribution in [2.45, 2.75) is 38.1 Å². The zero-order valence-corrected chi connectivity index (χ0v) is 13.1. The van der Waals surface area contributed by atoms with Gasteiger partial charge in [-0.2, -0.15) is 0 Å². The van der Waals surface area contributed by atoms with Crippen molar-refractivity contribution in [3.63, 3.8) is 0 Å². The summed E-state index contributed by atoms with van der Waals surface area (Å²) < 4.78 is 27.8. The number of hydrogen-bond donors (Lipinski definition) is 3. The van der Waals surface area contributed by atoms with Gasteiger partial charge in [0.2, 0.25) is 0 Å². The Bertz CT molecular complexity index is 704. The van der Waals surface area contributed by atoms with Crippen molar-refractivity contribution in [3.8, 4) is 0 Å². The highest BCUT2D eigenvalue weighted by Gasteiger charge is 2.42. The molecule has 3 rings (SSSR count). The van der Waals surface area contributed by atoms with Gasteiger partial charge < -0.3 is 15.7 Å². The van der Waals surface area contributed by atoms with E-state index in [0.717, 1.165) is 11.6 Å². The van der Waals surface area contributed by atoms with Gasteiger partial charge in [-0.3, -0.25) is 0 Å². The van der Waals surface area contributed by atoms with E-state index in [4.69, 9.17) is 0 Å². The van der Waals surface area contributed by atoms with E-state index >= 15 is 0 Å². The molecule has 0 saturated carbocycles. The maximum Gasteiger partial charge on any atom is 0.133 e. The van der Waals surface area contributed by atoms with E-state index in [0.29, 0.717) is 12.2 Å². The number of halogens is 2. The van der Waals surface area contributed by atoms with Crippen LogP contribution in [0, 0.1) is 11.6 Å². The first-order chi connectivity index (χ1) is 10.9. The predicted octanol–water partition coefficient (Wildman–Crippen LogP) is 3.36. The molecule has 0 amide bonds. The van der Waals surface area contributed by atoms with E-state index in [1.807, 2.05) is 30.3 Å². The van der Waals surface area contributed by atoms with Gasteiger partial charge in [-0.1, -0.05) is 30.3 Å². The monoisotopic (exact) mass is 318 g/mol. The molecule has 2 unspecified atom stereocenters. The van der Waals surface area contributed by atoms with Crippen molar-refractivity contribution in [1.82, 2.24) is 5.32 Å². The molecule has 0 saturated heterocycles. The van der Waals surface area contributed by atoms with Crippen molar-refractivity contribution in [1.29, 1.82) is 0 Å². The van der Waals surface area contributed by atoms with Gasteiger partial charge in [-0.15, -0.1) is 0 Å². The third-order valence-corrected chi connectivity index (χ3v) is 4.29. The lowest BCUT2D eigenvalue weighted by atomic mass is 9.82. The number of anilines is 1. The smallest absolute Gasteiger partial charge is 0.133 e. The first-order valence-electron chi connectivity index (χ1n) is 7.61. The summed E-state index contributed by atoms with van der Waals surface area (Å²) >= 11 is 0. The molecule has 0 aliphatic carbocycles. The van der Waals surface area contributed by atoms with Crippen molar-refractivity contribution in [2.75, 3.05) is 5.32 Å². The minimum atomic E-state index is -0.862. The highest BCUT2D eigenvalue weighted by atomic mass is 19.1. The summed E-state index contributed by atoms with van der Waals surface area (Å²) in [5, 5.41) is 16.9. The molecule has 0 radical (unpaired) electrons. The van der Waals surface area contributed by atoms with Crippen LogP contribution in [0.1, 0.15) is 31.0 Å². The number of aliphatic hydroxyl groups is 1. The fraction of sp³-hybridized carbons (Fsp3) is 0.333. The quantitative estimate of drug-likeness (QED) is 0.813. The Labute approximate surface area is 134 Å². The van der Waals surface area contributed by atoms with Crippen molar-refractivity contribution in [2.24, 2.45) is 0 Å². The molecule has 0 spiro atoms. The lowest BCUT2D eigenvalue weighted by molar-refractivity contribution is 0.0662. The van der Waals surface area contributed by atoms with Gasteiger partial charge >= 0.3 is 0 Å². The second kappa shape index (κ2) is 5.91. The summed E-state index contributed by atoms with van der Waals surface area (Å²) in [5.41, 5.74) is 0.972. The predicted molar refractivity (Wildman–Crippen MR) is 86.1 cm³/mol. The second-order valence-corrected chi connectivity index (χ2v) is 6.48. The Kier molecular flexibility index (Phi) is 4.08. The summed E-state index contributed by atoms with van der Waals surface area (Å²) in [7, 11) is 0. The minimum absolute atomic E-state index is 0.272. The first kappa shape index (κ1) is 15.9. The zero-order valence-electron chi connectivity index (χ0n) is 13.1. The molecular weight excluding hydrogens is 298 g/mol. The average Bonchev–Trinajstić information content (AvgIpc) is 2.48. The van der Waals surface area contributed by atoms with Crippen LogP contribution in [0.4, 0.5) is 14.5 Å². The van der Waals surface area contributed by atoms with Crippen molar-refractivity contribution < 1.29 is 13.9 Å². The summed E-state index contributed by atoms with van der Waals surface area (Å²) in [6, 6.07) is 11.2. The number of aliphatic hydroxyl groups excluding tert-OH is 1. The lowest BCUT2D eigenvalue weighted by Gasteiger charge is -2.43. The van der Waals surface area contributed by atoms with E-state index < -0.39 is 29.3 Å². The molecule has 2 aromatic carbocycles. The molecule has 3 N–H and O–H groups in total.